The molecule has 114 valence electrons. The van der Waals surface area contributed by atoms with E-state index in [9.17, 15) is 9.59 Å². The smallest absolute Gasteiger partial charge is 0.303 e. The molecule has 0 saturated carbocycles. The summed E-state index contributed by atoms with van der Waals surface area (Å²) in [6, 6.07) is 3.76. The summed E-state index contributed by atoms with van der Waals surface area (Å²) in [7, 11) is 0. The van der Waals surface area contributed by atoms with Crippen LogP contribution >= 0.6 is 0 Å². The highest BCUT2D eigenvalue weighted by Crippen LogP contribution is 2.13. The fourth-order valence-electron chi connectivity index (χ4n) is 2.36. The van der Waals surface area contributed by atoms with E-state index < -0.39 is 5.97 Å². The summed E-state index contributed by atoms with van der Waals surface area (Å²) in [5, 5.41) is 16.5. The Balaban J connectivity index is 1.71. The molecule has 0 radical (unpaired) electrons. The Morgan fingerprint density at radius 2 is 1.86 bits per heavy atom. The molecule has 0 atom stereocenters. The van der Waals surface area contributed by atoms with E-state index in [1.165, 1.54) is 0 Å². The van der Waals surface area contributed by atoms with Crippen LogP contribution in [0.25, 0.3) is 0 Å². The van der Waals surface area contributed by atoms with Crippen LogP contribution < -0.4 is 4.90 Å². The van der Waals surface area contributed by atoms with E-state index in [1.54, 1.807) is 6.20 Å². The second-order valence-electron chi connectivity index (χ2n) is 5.05. The number of aliphatic carboxylic acids is 1. The lowest BCUT2D eigenvalue weighted by Gasteiger charge is -2.35. The van der Waals surface area contributed by atoms with Gasteiger partial charge in [0.15, 0.2) is 5.82 Å². The molecular formula is C14H20N4O3. The monoisotopic (exact) mass is 292 g/mol. The Kier molecular flexibility index (Phi) is 5.48. The quantitative estimate of drug-likeness (QED) is 0.779. The lowest BCUT2D eigenvalue weighted by molar-refractivity contribution is -0.137. The molecule has 1 saturated heterocycles. The molecule has 7 heteroatoms. The van der Waals surface area contributed by atoms with Gasteiger partial charge in [0.05, 0.1) is 0 Å². The third-order valence-corrected chi connectivity index (χ3v) is 3.55. The van der Waals surface area contributed by atoms with E-state index in [2.05, 4.69) is 15.1 Å². The lowest BCUT2D eigenvalue weighted by Crippen LogP contribution is -2.49. The molecule has 1 aliphatic rings. The van der Waals surface area contributed by atoms with Crippen molar-refractivity contribution in [2.45, 2.75) is 25.7 Å². The number of aromatic nitrogens is 2. The maximum absolute atomic E-state index is 12.0. The Morgan fingerprint density at radius 1 is 1.14 bits per heavy atom. The molecule has 2 rings (SSSR count). The van der Waals surface area contributed by atoms with Gasteiger partial charge < -0.3 is 14.9 Å². The van der Waals surface area contributed by atoms with Crippen molar-refractivity contribution in [2.24, 2.45) is 0 Å². The summed E-state index contributed by atoms with van der Waals surface area (Å²) in [6.07, 6.45) is 3.39. The molecule has 1 amide bonds. The van der Waals surface area contributed by atoms with Gasteiger partial charge in [-0.15, -0.1) is 5.10 Å². The van der Waals surface area contributed by atoms with Gasteiger partial charge >= 0.3 is 5.97 Å². The van der Waals surface area contributed by atoms with E-state index in [-0.39, 0.29) is 12.3 Å². The van der Waals surface area contributed by atoms with Gasteiger partial charge in [-0.1, -0.05) is 0 Å². The standard InChI is InChI=1S/C14H20N4O3/c19-13(5-1-2-6-14(20)21)18-10-8-17(9-11-18)12-4-3-7-15-16-12/h3-4,7H,1-2,5-6,8-11H2,(H,20,21). The number of amides is 1. The van der Waals surface area contributed by atoms with Crippen LogP contribution in [0.2, 0.25) is 0 Å². The minimum absolute atomic E-state index is 0.110. The average molecular weight is 292 g/mol. The second kappa shape index (κ2) is 7.56. The molecule has 1 fully saturated rings. The zero-order valence-electron chi connectivity index (χ0n) is 11.9. The Hall–Kier alpha value is -2.18. The van der Waals surface area contributed by atoms with Gasteiger partial charge in [-0.05, 0) is 25.0 Å². The lowest BCUT2D eigenvalue weighted by atomic mass is 10.1. The average Bonchev–Trinajstić information content (AvgIpc) is 2.52. The minimum Gasteiger partial charge on any atom is -0.481 e. The number of carboxylic acids is 1. The van der Waals surface area contributed by atoms with Crippen LogP contribution in [0.3, 0.4) is 0 Å². The summed E-state index contributed by atoms with van der Waals surface area (Å²) in [6.45, 7) is 2.85. The van der Waals surface area contributed by atoms with Crippen LogP contribution in [-0.4, -0.2) is 58.3 Å². The number of carbonyl (C=O) groups is 2. The van der Waals surface area contributed by atoms with Crippen LogP contribution in [0.4, 0.5) is 5.82 Å². The number of carbonyl (C=O) groups excluding carboxylic acids is 1. The highest BCUT2D eigenvalue weighted by Gasteiger charge is 2.21. The van der Waals surface area contributed by atoms with E-state index >= 15 is 0 Å². The van der Waals surface area contributed by atoms with Crippen LogP contribution in [0.15, 0.2) is 18.3 Å². The number of hydrogen-bond donors (Lipinski definition) is 1. The topological polar surface area (TPSA) is 86.6 Å². The van der Waals surface area contributed by atoms with E-state index in [0.29, 0.717) is 32.4 Å². The van der Waals surface area contributed by atoms with Crippen molar-refractivity contribution in [3.05, 3.63) is 18.3 Å². The van der Waals surface area contributed by atoms with Crippen molar-refractivity contribution >= 4 is 17.7 Å². The zero-order chi connectivity index (χ0) is 15.1. The molecule has 1 aromatic heterocycles. The van der Waals surface area contributed by atoms with Crippen LogP contribution in [-0.2, 0) is 9.59 Å². The molecule has 1 aromatic rings. The highest BCUT2D eigenvalue weighted by molar-refractivity contribution is 5.76. The normalized spacial score (nSPS) is 15.0. The number of unbranched alkanes of at least 4 members (excludes halogenated alkanes) is 1. The second-order valence-corrected chi connectivity index (χ2v) is 5.05. The molecule has 0 unspecified atom stereocenters. The van der Waals surface area contributed by atoms with E-state index in [0.717, 1.165) is 18.9 Å². The molecule has 0 spiro atoms. The number of nitrogens with zero attached hydrogens (tertiary/aromatic N) is 4. The summed E-state index contributed by atoms with van der Waals surface area (Å²) in [5.41, 5.74) is 0. The van der Waals surface area contributed by atoms with Gasteiger partial charge in [-0.3, -0.25) is 9.59 Å². The molecule has 1 N–H and O–H groups in total. The molecule has 1 aliphatic heterocycles. The van der Waals surface area contributed by atoms with Gasteiger partial charge in [0.25, 0.3) is 0 Å². The molecule has 0 bridgehead atoms. The van der Waals surface area contributed by atoms with Gasteiger partial charge in [-0.25, -0.2) is 0 Å². The van der Waals surface area contributed by atoms with Crippen LogP contribution in [0.1, 0.15) is 25.7 Å². The van der Waals surface area contributed by atoms with Crippen molar-refractivity contribution in [2.75, 3.05) is 31.1 Å². The SMILES string of the molecule is O=C(O)CCCCC(=O)N1CCN(c2cccnn2)CC1. The van der Waals surface area contributed by atoms with Crippen LogP contribution in [0.5, 0.6) is 0 Å². The number of piperazine rings is 1. The number of hydrogen-bond acceptors (Lipinski definition) is 5. The third kappa shape index (κ3) is 4.70. The predicted octanol–water partition coefficient (Wildman–Crippen LogP) is 0.770. The van der Waals surface area contributed by atoms with Gasteiger partial charge in [0.2, 0.25) is 5.91 Å². The fourth-order valence-corrected chi connectivity index (χ4v) is 2.36. The van der Waals surface area contributed by atoms with Crippen molar-refractivity contribution < 1.29 is 14.7 Å². The fraction of sp³-hybridized carbons (Fsp3) is 0.571. The maximum atomic E-state index is 12.0. The Bertz CT molecular complexity index is 472. The van der Waals surface area contributed by atoms with Crippen molar-refractivity contribution in [1.82, 2.24) is 15.1 Å². The van der Waals surface area contributed by atoms with E-state index in [4.69, 9.17) is 5.11 Å². The summed E-state index contributed by atoms with van der Waals surface area (Å²) >= 11 is 0. The van der Waals surface area contributed by atoms with Crippen molar-refractivity contribution in [1.29, 1.82) is 0 Å². The number of anilines is 1. The number of carboxylic acid groups (broad SMARTS) is 1. The highest BCUT2D eigenvalue weighted by atomic mass is 16.4. The first kappa shape index (κ1) is 15.2. The molecule has 21 heavy (non-hydrogen) atoms. The molecule has 0 aromatic carbocycles. The zero-order valence-corrected chi connectivity index (χ0v) is 11.9. The summed E-state index contributed by atoms with van der Waals surface area (Å²) in [5.74, 6) is 0.144. The maximum Gasteiger partial charge on any atom is 0.303 e. The third-order valence-electron chi connectivity index (χ3n) is 3.55. The van der Waals surface area contributed by atoms with Gasteiger partial charge in [0, 0.05) is 45.2 Å². The van der Waals surface area contributed by atoms with Gasteiger partial charge in [0.1, 0.15) is 0 Å². The molecule has 2 heterocycles. The van der Waals surface area contributed by atoms with Crippen LogP contribution in [0, 0.1) is 0 Å². The van der Waals surface area contributed by atoms with Crippen molar-refractivity contribution in [3.8, 4) is 0 Å². The first-order chi connectivity index (χ1) is 10.2. The Labute approximate surface area is 123 Å². The molecular weight excluding hydrogens is 272 g/mol. The predicted molar refractivity (Wildman–Crippen MR) is 76.9 cm³/mol. The molecule has 0 aliphatic carbocycles. The summed E-state index contributed by atoms with van der Waals surface area (Å²) < 4.78 is 0. The first-order valence-corrected chi connectivity index (χ1v) is 7.19. The minimum atomic E-state index is -0.806. The summed E-state index contributed by atoms with van der Waals surface area (Å²) in [4.78, 5) is 26.4. The number of rotatable bonds is 6. The molecule has 7 nitrogen and oxygen atoms in total. The van der Waals surface area contributed by atoms with Gasteiger partial charge in [-0.2, -0.15) is 5.10 Å². The first-order valence-electron chi connectivity index (χ1n) is 7.19. The van der Waals surface area contributed by atoms with E-state index in [1.807, 2.05) is 17.0 Å². The Morgan fingerprint density at radius 3 is 2.48 bits per heavy atom. The largest absolute Gasteiger partial charge is 0.481 e. The van der Waals surface area contributed by atoms with Crippen molar-refractivity contribution in [3.63, 3.8) is 0 Å².